The Kier molecular flexibility index (Phi) is 5.22. The molecule has 4 heteroatoms. The maximum atomic E-state index is 12.0. The molecule has 1 aliphatic rings. The molecule has 0 spiro atoms. The van der Waals surface area contributed by atoms with E-state index in [1.54, 1.807) is 0 Å². The van der Waals surface area contributed by atoms with Crippen molar-refractivity contribution < 1.29 is 14.0 Å². The van der Waals surface area contributed by atoms with Crippen LogP contribution in [-0.2, 0) is 4.74 Å². The fourth-order valence-electron chi connectivity index (χ4n) is 3.26. The molecular weight excluding hydrogens is 270 g/mol. The van der Waals surface area contributed by atoms with Crippen LogP contribution in [0.5, 0.6) is 0 Å². The topological polar surface area (TPSA) is 26.3 Å². The highest BCUT2D eigenvalue weighted by molar-refractivity contribution is 7.11. The molecule has 0 radical (unpaired) electrons. The summed E-state index contributed by atoms with van der Waals surface area (Å²) < 4.78 is 6.53. The molecule has 112 valence electrons. The van der Waals surface area contributed by atoms with Gasteiger partial charge in [-0.15, -0.1) is 11.3 Å². The molecule has 1 atom stereocenters. The Balaban J connectivity index is 1.86. The molecule has 1 aromatic rings. The van der Waals surface area contributed by atoms with Gasteiger partial charge in [0, 0.05) is 0 Å². The van der Waals surface area contributed by atoms with Crippen LogP contribution in [0.4, 0.5) is 0 Å². The zero-order valence-corrected chi connectivity index (χ0v) is 13.6. The van der Waals surface area contributed by atoms with E-state index in [1.165, 1.54) is 43.4 Å². The van der Waals surface area contributed by atoms with Crippen molar-refractivity contribution in [1.29, 1.82) is 0 Å². The molecule has 0 N–H and O–H groups in total. The monoisotopic (exact) mass is 296 g/mol. The number of carbonyl (C=O) groups excluding carboxylic acids is 1. The van der Waals surface area contributed by atoms with E-state index in [9.17, 15) is 4.79 Å². The van der Waals surface area contributed by atoms with Crippen molar-refractivity contribution in [2.75, 3.05) is 20.6 Å². The minimum absolute atomic E-state index is 0.0403. The van der Waals surface area contributed by atoms with Gasteiger partial charge in [0.15, 0.2) is 0 Å². The highest BCUT2D eigenvalue weighted by Gasteiger charge is 2.32. The Bertz CT molecular complexity index is 422. The standard InChI is InChI=1S/C16H26NO2S/c1-13(19-16(18)15-10-7-11-20-15)12-17(2,3)14-8-5-4-6-9-14/h7,10-11,13-14H,4-6,8-9,12H2,1-3H3/q+1. The van der Waals surface area contributed by atoms with Crippen LogP contribution in [0.25, 0.3) is 0 Å². The van der Waals surface area contributed by atoms with Gasteiger partial charge in [0.05, 0.1) is 20.1 Å². The van der Waals surface area contributed by atoms with Crippen LogP contribution in [-0.4, -0.2) is 43.2 Å². The molecule has 0 aliphatic heterocycles. The highest BCUT2D eigenvalue weighted by atomic mass is 32.1. The Hall–Kier alpha value is -0.870. The molecule has 0 bridgehead atoms. The number of nitrogens with zero attached hydrogens (tertiary/aromatic N) is 1. The van der Waals surface area contributed by atoms with Crippen molar-refractivity contribution in [2.45, 2.75) is 51.2 Å². The molecule has 1 aromatic heterocycles. The predicted octanol–water partition coefficient (Wildman–Crippen LogP) is 3.70. The first kappa shape index (κ1) is 15.5. The Morgan fingerprint density at radius 2 is 2.10 bits per heavy atom. The Labute approximate surface area is 126 Å². The van der Waals surface area contributed by atoms with Crippen molar-refractivity contribution in [3.05, 3.63) is 22.4 Å². The van der Waals surface area contributed by atoms with E-state index in [-0.39, 0.29) is 12.1 Å². The van der Waals surface area contributed by atoms with Gasteiger partial charge in [-0.1, -0.05) is 12.5 Å². The number of thiophene rings is 1. The van der Waals surface area contributed by atoms with Crippen LogP contribution in [0.3, 0.4) is 0 Å². The molecular formula is C16H26NO2S+. The quantitative estimate of drug-likeness (QED) is 0.612. The summed E-state index contributed by atoms with van der Waals surface area (Å²) in [5.74, 6) is -0.184. The third-order valence-electron chi connectivity index (χ3n) is 4.32. The molecule has 1 heterocycles. The second-order valence-electron chi connectivity index (χ2n) is 6.45. The number of likely N-dealkylation sites (N-methyl/N-ethyl adjacent to an activating group) is 1. The lowest BCUT2D eigenvalue weighted by Gasteiger charge is -2.41. The maximum absolute atomic E-state index is 12.0. The molecule has 1 fully saturated rings. The molecule has 1 unspecified atom stereocenters. The minimum atomic E-state index is -0.184. The number of rotatable bonds is 5. The normalized spacial score (nSPS) is 18.8. The lowest BCUT2D eigenvalue weighted by molar-refractivity contribution is -0.918. The second-order valence-corrected chi connectivity index (χ2v) is 7.39. The number of quaternary nitrogens is 1. The Morgan fingerprint density at radius 3 is 2.70 bits per heavy atom. The maximum Gasteiger partial charge on any atom is 0.348 e. The van der Waals surface area contributed by atoms with Crippen molar-refractivity contribution in [3.8, 4) is 0 Å². The van der Waals surface area contributed by atoms with E-state index >= 15 is 0 Å². The minimum Gasteiger partial charge on any atom is -0.452 e. The van der Waals surface area contributed by atoms with Crippen LogP contribution < -0.4 is 0 Å². The SMILES string of the molecule is CC(C[N+](C)(C)C1CCCCC1)OC(=O)c1cccs1. The van der Waals surface area contributed by atoms with Crippen LogP contribution in [0.1, 0.15) is 48.7 Å². The van der Waals surface area contributed by atoms with Crippen molar-refractivity contribution in [1.82, 2.24) is 0 Å². The molecule has 20 heavy (non-hydrogen) atoms. The predicted molar refractivity (Wildman–Crippen MR) is 83.0 cm³/mol. The molecule has 0 aromatic carbocycles. The summed E-state index contributed by atoms with van der Waals surface area (Å²) in [6, 6.07) is 4.42. The van der Waals surface area contributed by atoms with E-state index in [1.807, 2.05) is 24.4 Å². The number of ether oxygens (including phenoxy) is 1. The van der Waals surface area contributed by atoms with Gasteiger partial charge >= 0.3 is 5.97 Å². The summed E-state index contributed by atoms with van der Waals surface area (Å²) in [6.45, 7) is 2.90. The fraction of sp³-hybridized carbons (Fsp3) is 0.688. The lowest BCUT2D eigenvalue weighted by atomic mass is 9.93. The average molecular weight is 296 g/mol. The van der Waals surface area contributed by atoms with Gasteiger partial charge in [-0.05, 0) is 44.1 Å². The van der Waals surface area contributed by atoms with Gasteiger partial charge in [-0.3, -0.25) is 0 Å². The van der Waals surface area contributed by atoms with Crippen LogP contribution in [0.15, 0.2) is 17.5 Å². The molecule has 1 aliphatic carbocycles. The van der Waals surface area contributed by atoms with E-state index < -0.39 is 0 Å². The number of hydrogen-bond donors (Lipinski definition) is 0. The second kappa shape index (κ2) is 6.72. The van der Waals surface area contributed by atoms with E-state index in [4.69, 9.17) is 4.74 Å². The van der Waals surface area contributed by atoms with Crippen LogP contribution in [0, 0.1) is 0 Å². The van der Waals surface area contributed by atoms with Gasteiger partial charge in [0.2, 0.25) is 0 Å². The number of hydrogen-bond acceptors (Lipinski definition) is 3. The summed E-state index contributed by atoms with van der Waals surface area (Å²) in [4.78, 5) is 12.7. The third kappa shape index (κ3) is 4.06. The largest absolute Gasteiger partial charge is 0.452 e. The summed E-state index contributed by atoms with van der Waals surface area (Å²) >= 11 is 1.44. The Morgan fingerprint density at radius 1 is 1.40 bits per heavy atom. The van der Waals surface area contributed by atoms with Crippen LogP contribution >= 0.6 is 11.3 Å². The molecule has 0 amide bonds. The third-order valence-corrected chi connectivity index (χ3v) is 5.17. The van der Waals surface area contributed by atoms with Crippen molar-refractivity contribution >= 4 is 17.3 Å². The van der Waals surface area contributed by atoms with Crippen LogP contribution in [0.2, 0.25) is 0 Å². The van der Waals surface area contributed by atoms with Gasteiger partial charge in [0.25, 0.3) is 0 Å². The summed E-state index contributed by atoms with van der Waals surface area (Å²) in [6.07, 6.45) is 6.63. The molecule has 2 rings (SSSR count). The van der Waals surface area contributed by atoms with Gasteiger partial charge < -0.3 is 9.22 Å². The zero-order chi connectivity index (χ0) is 14.6. The van der Waals surface area contributed by atoms with Gasteiger partial charge in [-0.25, -0.2) is 4.79 Å². The molecule has 0 saturated heterocycles. The first-order chi connectivity index (χ1) is 9.49. The zero-order valence-electron chi connectivity index (χ0n) is 12.8. The van der Waals surface area contributed by atoms with E-state index in [0.29, 0.717) is 10.9 Å². The first-order valence-corrected chi connectivity index (χ1v) is 8.44. The average Bonchev–Trinajstić information content (AvgIpc) is 2.93. The van der Waals surface area contributed by atoms with Crippen molar-refractivity contribution in [3.63, 3.8) is 0 Å². The van der Waals surface area contributed by atoms with E-state index in [2.05, 4.69) is 14.1 Å². The smallest absolute Gasteiger partial charge is 0.348 e. The van der Waals surface area contributed by atoms with Gasteiger partial charge in [0.1, 0.15) is 17.5 Å². The van der Waals surface area contributed by atoms with Gasteiger partial charge in [-0.2, -0.15) is 0 Å². The first-order valence-electron chi connectivity index (χ1n) is 7.56. The lowest BCUT2D eigenvalue weighted by Crippen LogP contribution is -2.53. The van der Waals surface area contributed by atoms with E-state index in [0.717, 1.165) is 11.0 Å². The van der Waals surface area contributed by atoms with Crippen molar-refractivity contribution in [2.24, 2.45) is 0 Å². The number of esters is 1. The summed E-state index contributed by atoms with van der Waals surface area (Å²) in [5, 5.41) is 1.91. The summed E-state index contributed by atoms with van der Waals surface area (Å²) in [5.41, 5.74) is 0. The molecule has 1 saturated carbocycles. The highest BCUT2D eigenvalue weighted by Crippen LogP contribution is 2.26. The number of carbonyl (C=O) groups is 1. The molecule has 3 nitrogen and oxygen atoms in total. The summed E-state index contributed by atoms with van der Waals surface area (Å²) in [7, 11) is 4.54. The fourth-order valence-corrected chi connectivity index (χ4v) is 3.87.